The molecule has 2 aromatic heterocycles. The summed E-state index contributed by atoms with van der Waals surface area (Å²) < 4.78 is 2.41. The standard InChI is InChI=1S/C21H31N5O3S/c1-12-7-9-13(10-8-12)22-14(27)11-30-17-15-16(23-19(24-17)21(2,3)4)25(5)20(29)26(6)18(15)28/h12-13H,7-11H2,1-6H3,(H,22,27). The molecule has 1 amide bonds. The van der Waals surface area contributed by atoms with E-state index in [4.69, 9.17) is 0 Å². The highest BCUT2D eigenvalue weighted by atomic mass is 32.2. The predicted octanol–water partition coefficient (Wildman–Crippen LogP) is 2.11. The van der Waals surface area contributed by atoms with Crippen LogP contribution in [-0.2, 0) is 24.3 Å². The summed E-state index contributed by atoms with van der Waals surface area (Å²) in [4.78, 5) is 46.9. The third-order valence-electron chi connectivity index (χ3n) is 5.66. The Balaban J connectivity index is 1.93. The molecule has 1 N–H and O–H groups in total. The van der Waals surface area contributed by atoms with Gasteiger partial charge < -0.3 is 5.32 Å². The van der Waals surface area contributed by atoms with Crippen molar-refractivity contribution in [2.75, 3.05) is 5.75 Å². The number of rotatable bonds is 4. The summed E-state index contributed by atoms with van der Waals surface area (Å²) in [6, 6.07) is 0.218. The quantitative estimate of drug-likeness (QED) is 0.586. The first-order valence-electron chi connectivity index (χ1n) is 10.4. The topological polar surface area (TPSA) is 98.9 Å². The van der Waals surface area contributed by atoms with E-state index in [-0.39, 0.29) is 28.5 Å². The smallest absolute Gasteiger partial charge is 0.332 e. The molecule has 164 valence electrons. The molecule has 8 nitrogen and oxygen atoms in total. The number of nitrogens with zero attached hydrogens (tertiary/aromatic N) is 4. The summed E-state index contributed by atoms with van der Waals surface area (Å²) in [5, 5.41) is 3.82. The van der Waals surface area contributed by atoms with Crippen molar-refractivity contribution in [2.24, 2.45) is 20.0 Å². The average molecular weight is 434 g/mol. The van der Waals surface area contributed by atoms with Crippen molar-refractivity contribution in [2.45, 2.75) is 69.9 Å². The van der Waals surface area contributed by atoms with Crippen molar-refractivity contribution in [1.29, 1.82) is 0 Å². The van der Waals surface area contributed by atoms with Gasteiger partial charge in [-0.25, -0.2) is 14.8 Å². The van der Waals surface area contributed by atoms with Crippen LogP contribution in [0, 0.1) is 5.92 Å². The first kappa shape index (κ1) is 22.5. The first-order valence-corrected chi connectivity index (χ1v) is 11.4. The van der Waals surface area contributed by atoms with Gasteiger partial charge >= 0.3 is 5.69 Å². The highest BCUT2D eigenvalue weighted by Crippen LogP contribution is 2.27. The van der Waals surface area contributed by atoms with Gasteiger partial charge in [0.25, 0.3) is 5.56 Å². The summed E-state index contributed by atoms with van der Waals surface area (Å²) in [7, 11) is 3.03. The fraction of sp³-hybridized carbons (Fsp3) is 0.667. The lowest BCUT2D eigenvalue weighted by molar-refractivity contribution is -0.119. The fourth-order valence-corrected chi connectivity index (χ4v) is 4.50. The Labute approximate surface area is 180 Å². The summed E-state index contributed by atoms with van der Waals surface area (Å²) in [5.41, 5.74) is -0.960. The van der Waals surface area contributed by atoms with Crippen LogP contribution in [0.25, 0.3) is 11.0 Å². The van der Waals surface area contributed by atoms with Crippen LogP contribution >= 0.6 is 11.8 Å². The number of carbonyl (C=O) groups excluding carboxylic acids is 1. The van der Waals surface area contributed by atoms with E-state index < -0.39 is 11.2 Å². The van der Waals surface area contributed by atoms with E-state index in [0.29, 0.717) is 16.5 Å². The summed E-state index contributed by atoms with van der Waals surface area (Å²) in [5.74, 6) is 1.35. The fourth-order valence-electron chi connectivity index (χ4n) is 3.68. The molecule has 2 aromatic rings. The zero-order chi connectivity index (χ0) is 22.2. The van der Waals surface area contributed by atoms with Gasteiger partial charge in [0, 0.05) is 25.6 Å². The molecular formula is C21H31N5O3S. The van der Waals surface area contributed by atoms with Crippen LogP contribution in [0.15, 0.2) is 14.6 Å². The Bertz CT molecular complexity index is 1080. The second-order valence-electron chi connectivity index (χ2n) is 9.32. The Morgan fingerprint density at radius 3 is 2.33 bits per heavy atom. The lowest BCUT2D eigenvalue weighted by atomic mass is 9.87. The molecule has 1 aliphatic carbocycles. The molecule has 1 aliphatic rings. The van der Waals surface area contributed by atoms with Crippen molar-refractivity contribution in [3.8, 4) is 0 Å². The monoisotopic (exact) mass is 433 g/mol. The number of aryl methyl sites for hydroxylation is 1. The number of hydrogen-bond donors (Lipinski definition) is 1. The molecule has 0 aliphatic heterocycles. The predicted molar refractivity (Wildman–Crippen MR) is 119 cm³/mol. The van der Waals surface area contributed by atoms with E-state index in [0.717, 1.165) is 36.2 Å². The van der Waals surface area contributed by atoms with Gasteiger partial charge in [-0.1, -0.05) is 39.5 Å². The van der Waals surface area contributed by atoms with Gasteiger partial charge in [0.2, 0.25) is 5.91 Å². The Hall–Kier alpha value is -2.16. The molecule has 1 fully saturated rings. The average Bonchev–Trinajstić information content (AvgIpc) is 2.69. The number of fused-ring (bicyclic) bond motifs is 1. The molecule has 3 rings (SSSR count). The number of amides is 1. The third kappa shape index (κ3) is 4.61. The molecule has 0 aromatic carbocycles. The second-order valence-corrected chi connectivity index (χ2v) is 10.3. The molecule has 0 saturated heterocycles. The van der Waals surface area contributed by atoms with Crippen LogP contribution in [0.5, 0.6) is 0 Å². The maximum Gasteiger partial charge on any atom is 0.332 e. The number of carbonyl (C=O) groups is 1. The van der Waals surface area contributed by atoms with Crippen molar-refractivity contribution in [1.82, 2.24) is 24.4 Å². The van der Waals surface area contributed by atoms with E-state index in [1.165, 1.54) is 23.4 Å². The number of aromatic nitrogens is 4. The molecule has 9 heteroatoms. The van der Waals surface area contributed by atoms with Gasteiger partial charge in [-0.15, -0.1) is 0 Å². The summed E-state index contributed by atoms with van der Waals surface area (Å²) >= 11 is 1.22. The van der Waals surface area contributed by atoms with E-state index in [1.54, 1.807) is 7.05 Å². The minimum Gasteiger partial charge on any atom is -0.353 e. The lowest BCUT2D eigenvalue weighted by Gasteiger charge is -2.26. The first-order chi connectivity index (χ1) is 14.0. The van der Waals surface area contributed by atoms with Gasteiger partial charge in [-0.3, -0.25) is 18.7 Å². The summed E-state index contributed by atoms with van der Waals surface area (Å²) in [6.45, 7) is 8.16. The van der Waals surface area contributed by atoms with Crippen molar-refractivity contribution in [3.63, 3.8) is 0 Å². The number of thioether (sulfide) groups is 1. The van der Waals surface area contributed by atoms with Crippen LogP contribution in [0.3, 0.4) is 0 Å². The number of nitrogens with one attached hydrogen (secondary N) is 1. The van der Waals surface area contributed by atoms with E-state index in [2.05, 4.69) is 22.2 Å². The third-order valence-corrected chi connectivity index (χ3v) is 6.63. The molecule has 0 spiro atoms. The molecule has 1 saturated carbocycles. The Morgan fingerprint density at radius 2 is 1.73 bits per heavy atom. The molecule has 0 unspecified atom stereocenters. The maximum absolute atomic E-state index is 12.8. The maximum atomic E-state index is 12.8. The van der Waals surface area contributed by atoms with Gasteiger partial charge in [0.15, 0.2) is 5.65 Å². The zero-order valence-corrected chi connectivity index (χ0v) is 19.4. The minimum absolute atomic E-state index is 0.0646. The minimum atomic E-state index is -0.447. The van der Waals surface area contributed by atoms with Crippen LogP contribution in [-0.4, -0.2) is 36.8 Å². The molecular weight excluding hydrogens is 402 g/mol. The van der Waals surface area contributed by atoms with Gasteiger partial charge in [-0.2, -0.15) is 0 Å². The Kier molecular flexibility index (Phi) is 6.40. The van der Waals surface area contributed by atoms with Crippen LogP contribution in [0.4, 0.5) is 0 Å². The van der Waals surface area contributed by atoms with Gasteiger partial charge in [0.1, 0.15) is 16.2 Å². The van der Waals surface area contributed by atoms with Gasteiger partial charge in [-0.05, 0) is 31.6 Å². The highest BCUT2D eigenvalue weighted by molar-refractivity contribution is 8.00. The van der Waals surface area contributed by atoms with E-state index in [9.17, 15) is 14.4 Å². The van der Waals surface area contributed by atoms with E-state index >= 15 is 0 Å². The zero-order valence-electron chi connectivity index (χ0n) is 18.6. The normalized spacial score (nSPS) is 19.8. The summed E-state index contributed by atoms with van der Waals surface area (Å²) in [6.07, 6.45) is 4.27. The molecule has 0 bridgehead atoms. The molecule has 2 heterocycles. The van der Waals surface area contributed by atoms with E-state index in [1.807, 2.05) is 20.8 Å². The van der Waals surface area contributed by atoms with Gasteiger partial charge in [0.05, 0.1) is 5.75 Å². The largest absolute Gasteiger partial charge is 0.353 e. The van der Waals surface area contributed by atoms with Crippen molar-refractivity contribution >= 4 is 28.7 Å². The molecule has 0 radical (unpaired) electrons. The number of hydrogen-bond acceptors (Lipinski definition) is 6. The van der Waals surface area contributed by atoms with Crippen molar-refractivity contribution in [3.05, 3.63) is 26.7 Å². The molecule has 30 heavy (non-hydrogen) atoms. The van der Waals surface area contributed by atoms with Crippen LogP contribution in [0.2, 0.25) is 0 Å². The lowest BCUT2D eigenvalue weighted by Crippen LogP contribution is -2.39. The van der Waals surface area contributed by atoms with Crippen molar-refractivity contribution < 1.29 is 4.79 Å². The second kappa shape index (κ2) is 8.53. The van der Waals surface area contributed by atoms with Crippen LogP contribution < -0.4 is 16.6 Å². The molecule has 0 atom stereocenters. The Morgan fingerprint density at radius 1 is 1.10 bits per heavy atom. The highest BCUT2D eigenvalue weighted by Gasteiger charge is 2.25. The SMILES string of the molecule is CC1CCC(NC(=O)CSc2nc(C(C)(C)C)nc3c2c(=O)n(C)c(=O)n3C)CC1. The van der Waals surface area contributed by atoms with Crippen LogP contribution in [0.1, 0.15) is 59.2 Å².